The van der Waals surface area contributed by atoms with Crippen molar-refractivity contribution in [1.82, 2.24) is 5.32 Å². The molecule has 18 heavy (non-hydrogen) atoms. The predicted octanol–water partition coefficient (Wildman–Crippen LogP) is 1.64. The van der Waals surface area contributed by atoms with Crippen LogP contribution < -0.4 is 15.4 Å². The second-order valence-electron chi connectivity index (χ2n) is 3.76. The van der Waals surface area contributed by atoms with Crippen LogP contribution in [0.3, 0.4) is 0 Å². The molecule has 0 aliphatic heterocycles. The molecule has 4 nitrogen and oxygen atoms in total. The van der Waals surface area contributed by atoms with Crippen molar-refractivity contribution in [3.63, 3.8) is 0 Å². The Morgan fingerprint density at radius 2 is 2.33 bits per heavy atom. The molecule has 2 N–H and O–H groups in total. The molecular weight excluding hydrogens is 228 g/mol. The van der Waals surface area contributed by atoms with E-state index in [-0.39, 0.29) is 12.5 Å². The highest BCUT2D eigenvalue weighted by Crippen LogP contribution is 2.16. The molecule has 1 amide bonds. The van der Waals surface area contributed by atoms with E-state index in [1.165, 1.54) is 0 Å². The van der Waals surface area contributed by atoms with Crippen molar-refractivity contribution < 1.29 is 9.53 Å². The summed E-state index contributed by atoms with van der Waals surface area (Å²) in [5.74, 6) is 3.19. The molecule has 4 heteroatoms. The second-order valence-corrected chi connectivity index (χ2v) is 3.76. The van der Waals surface area contributed by atoms with Crippen molar-refractivity contribution in [3.8, 4) is 18.1 Å². The van der Waals surface area contributed by atoms with Gasteiger partial charge in [-0.2, -0.15) is 0 Å². The molecule has 0 fully saturated rings. The summed E-state index contributed by atoms with van der Waals surface area (Å²) in [6.45, 7) is 1.03. The molecule has 0 aromatic heterocycles. The van der Waals surface area contributed by atoms with E-state index in [4.69, 9.17) is 11.2 Å². The summed E-state index contributed by atoms with van der Waals surface area (Å²) in [4.78, 5) is 11.6. The summed E-state index contributed by atoms with van der Waals surface area (Å²) in [6.07, 6.45) is 6.74. The van der Waals surface area contributed by atoms with Gasteiger partial charge in [0.2, 0.25) is 5.91 Å². The maximum absolute atomic E-state index is 11.6. The van der Waals surface area contributed by atoms with Crippen molar-refractivity contribution >= 4 is 11.6 Å². The first-order chi connectivity index (χ1) is 8.76. The fourth-order valence-electron chi connectivity index (χ4n) is 1.42. The van der Waals surface area contributed by atoms with Gasteiger partial charge in [-0.05, 0) is 25.1 Å². The van der Waals surface area contributed by atoms with Crippen LogP contribution in [0.15, 0.2) is 24.3 Å². The summed E-state index contributed by atoms with van der Waals surface area (Å²) >= 11 is 0. The number of amides is 1. The van der Waals surface area contributed by atoms with Crippen LogP contribution in [0.2, 0.25) is 0 Å². The van der Waals surface area contributed by atoms with Crippen LogP contribution in [-0.4, -0.2) is 26.1 Å². The van der Waals surface area contributed by atoms with Crippen LogP contribution in [0.4, 0.5) is 5.69 Å². The molecule has 0 aliphatic carbocycles. The third kappa shape index (κ3) is 5.37. The Bertz CT molecular complexity index is 424. The summed E-state index contributed by atoms with van der Waals surface area (Å²) in [5, 5.41) is 5.82. The molecule has 96 valence electrons. The first-order valence-corrected chi connectivity index (χ1v) is 5.84. The van der Waals surface area contributed by atoms with E-state index in [0.717, 1.165) is 30.8 Å². The Morgan fingerprint density at radius 3 is 3.06 bits per heavy atom. The lowest BCUT2D eigenvalue weighted by Gasteiger charge is -2.07. The van der Waals surface area contributed by atoms with Crippen LogP contribution in [-0.2, 0) is 4.79 Å². The smallest absolute Gasteiger partial charge is 0.238 e. The number of hydrogen-bond donors (Lipinski definition) is 2. The zero-order chi connectivity index (χ0) is 13.2. The number of rotatable bonds is 7. The van der Waals surface area contributed by atoms with E-state index >= 15 is 0 Å². The van der Waals surface area contributed by atoms with Gasteiger partial charge in [-0.3, -0.25) is 4.79 Å². The van der Waals surface area contributed by atoms with Crippen LogP contribution in [0.5, 0.6) is 5.75 Å². The number of hydrogen-bond acceptors (Lipinski definition) is 3. The number of nitrogens with one attached hydrogen (secondary N) is 2. The normalized spacial score (nSPS) is 9.56. The molecule has 0 atom stereocenters. The molecule has 0 aliphatic rings. The van der Waals surface area contributed by atoms with E-state index in [2.05, 4.69) is 16.6 Å². The Balaban J connectivity index is 2.29. The van der Waals surface area contributed by atoms with Gasteiger partial charge in [0.1, 0.15) is 5.75 Å². The molecule has 0 saturated carbocycles. The van der Waals surface area contributed by atoms with Crippen LogP contribution in [0.1, 0.15) is 12.8 Å². The highest BCUT2D eigenvalue weighted by molar-refractivity contribution is 5.92. The molecule has 1 aromatic carbocycles. The first-order valence-electron chi connectivity index (χ1n) is 5.84. The zero-order valence-electron chi connectivity index (χ0n) is 10.5. The van der Waals surface area contributed by atoms with Gasteiger partial charge in [0, 0.05) is 18.2 Å². The van der Waals surface area contributed by atoms with Gasteiger partial charge in [-0.1, -0.05) is 6.07 Å². The number of carbonyl (C=O) groups is 1. The summed E-state index contributed by atoms with van der Waals surface area (Å²) < 4.78 is 5.08. The van der Waals surface area contributed by atoms with Gasteiger partial charge in [0.05, 0.1) is 13.7 Å². The highest BCUT2D eigenvalue weighted by Gasteiger charge is 2.02. The Morgan fingerprint density at radius 1 is 1.50 bits per heavy atom. The quantitative estimate of drug-likeness (QED) is 0.568. The molecule has 0 spiro atoms. The van der Waals surface area contributed by atoms with E-state index in [0.29, 0.717) is 0 Å². The van der Waals surface area contributed by atoms with Gasteiger partial charge in [-0.15, -0.1) is 12.3 Å². The molecule has 0 unspecified atom stereocenters. The zero-order valence-corrected chi connectivity index (χ0v) is 10.5. The predicted molar refractivity (Wildman–Crippen MR) is 72.6 cm³/mol. The Kier molecular flexibility index (Phi) is 6.37. The summed E-state index contributed by atoms with van der Waals surface area (Å²) in [6, 6.07) is 7.25. The fraction of sp³-hybridized carbons (Fsp3) is 0.357. The minimum Gasteiger partial charge on any atom is -0.497 e. The Hall–Kier alpha value is -1.99. The molecule has 0 heterocycles. The topological polar surface area (TPSA) is 50.4 Å². The van der Waals surface area contributed by atoms with Gasteiger partial charge in [0.25, 0.3) is 0 Å². The highest BCUT2D eigenvalue weighted by atomic mass is 16.5. The van der Waals surface area contributed by atoms with Crippen LogP contribution in [0, 0.1) is 12.3 Å². The van der Waals surface area contributed by atoms with E-state index in [1.54, 1.807) is 13.2 Å². The number of benzene rings is 1. The lowest BCUT2D eigenvalue weighted by atomic mass is 10.3. The standard InChI is InChI=1S/C14H18N2O2/c1-3-4-5-9-15-11-14(17)16-12-7-6-8-13(10-12)18-2/h1,6-8,10,15H,4-5,9,11H2,2H3,(H,16,17). The fourth-order valence-corrected chi connectivity index (χ4v) is 1.42. The number of methoxy groups -OCH3 is 1. The average molecular weight is 246 g/mol. The van der Waals surface area contributed by atoms with Crippen molar-refractivity contribution in [2.75, 3.05) is 25.5 Å². The maximum atomic E-state index is 11.6. The van der Waals surface area contributed by atoms with Gasteiger partial charge >= 0.3 is 0 Å². The average Bonchev–Trinajstić information content (AvgIpc) is 2.38. The lowest BCUT2D eigenvalue weighted by Crippen LogP contribution is -2.28. The van der Waals surface area contributed by atoms with Gasteiger partial charge in [-0.25, -0.2) is 0 Å². The number of terminal acetylenes is 1. The summed E-state index contributed by atoms with van der Waals surface area (Å²) in [5.41, 5.74) is 0.727. The van der Waals surface area contributed by atoms with E-state index < -0.39 is 0 Å². The molecule has 1 rings (SSSR count). The number of anilines is 1. The molecule has 0 bridgehead atoms. The minimum absolute atomic E-state index is 0.0797. The van der Waals surface area contributed by atoms with Crippen molar-refractivity contribution in [2.24, 2.45) is 0 Å². The molecule has 0 radical (unpaired) electrons. The van der Waals surface area contributed by atoms with Crippen LogP contribution in [0.25, 0.3) is 0 Å². The maximum Gasteiger partial charge on any atom is 0.238 e. The molecule has 1 aromatic rings. The molecule has 0 saturated heterocycles. The SMILES string of the molecule is C#CCCCNCC(=O)Nc1cccc(OC)c1. The van der Waals surface area contributed by atoms with Gasteiger partial charge < -0.3 is 15.4 Å². The largest absolute Gasteiger partial charge is 0.497 e. The number of carbonyl (C=O) groups excluding carboxylic acids is 1. The lowest BCUT2D eigenvalue weighted by molar-refractivity contribution is -0.115. The number of ether oxygens (including phenoxy) is 1. The van der Waals surface area contributed by atoms with Gasteiger partial charge in [0.15, 0.2) is 0 Å². The van der Waals surface area contributed by atoms with E-state index in [1.807, 2.05) is 18.2 Å². The first kappa shape index (κ1) is 14.1. The van der Waals surface area contributed by atoms with Crippen molar-refractivity contribution in [3.05, 3.63) is 24.3 Å². The monoisotopic (exact) mass is 246 g/mol. The van der Waals surface area contributed by atoms with Crippen LogP contribution >= 0.6 is 0 Å². The molecular formula is C14H18N2O2. The van der Waals surface area contributed by atoms with Crippen molar-refractivity contribution in [1.29, 1.82) is 0 Å². The minimum atomic E-state index is -0.0797. The number of unbranched alkanes of at least 4 members (excludes halogenated alkanes) is 1. The Labute approximate surface area is 108 Å². The summed E-state index contributed by atoms with van der Waals surface area (Å²) in [7, 11) is 1.59. The third-order valence-electron chi connectivity index (χ3n) is 2.31. The second kappa shape index (κ2) is 8.15. The third-order valence-corrected chi connectivity index (χ3v) is 2.31. The van der Waals surface area contributed by atoms with E-state index in [9.17, 15) is 4.79 Å². The van der Waals surface area contributed by atoms with Crippen molar-refractivity contribution in [2.45, 2.75) is 12.8 Å².